The predicted octanol–water partition coefficient (Wildman–Crippen LogP) is 0.282. The van der Waals surface area contributed by atoms with E-state index in [-0.39, 0.29) is 5.91 Å². The molecule has 1 saturated heterocycles. The van der Waals surface area contributed by atoms with E-state index in [4.69, 9.17) is 4.74 Å². The fourth-order valence-electron chi connectivity index (χ4n) is 2.40. The van der Waals surface area contributed by atoms with Gasteiger partial charge in [0.25, 0.3) is 0 Å². The number of nitrogens with one attached hydrogen (secondary N) is 2. The number of likely N-dealkylation sites (N-methyl/N-ethyl adjacent to an activating group) is 1. The lowest BCUT2D eigenvalue weighted by molar-refractivity contribution is -0.122. The molecule has 1 aliphatic heterocycles. The third-order valence-corrected chi connectivity index (χ3v) is 3.51. The van der Waals surface area contributed by atoms with Gasteiger partial charge in [-0.3, -0.25) is 14.8 Å². The van der Waals surface area contributed by atoms with E-state index >= 15 is 0 Å². The second-order valence-corrected chi connectivity index (χ2v) is 4.87. The summed E-state index contributed by atoms with van der Waals surface area (Å²) in [6.45, 7) is 2.85. The van der Waals surface area contributed by atoms with Crippen LogP contribution in [0.3, 0.4) is 0 Å². The normalized spacial score (nSPS) is 17.6. The third kappa shape index (κ3) is 3.78. The van der Waals surface area contributed by atoms with Crippen molar-refractivity contribution in [3.05, 3.63) is 17.5 Å². The highest BCUT2D eigenvalue weighted by Crippen LogP contribution is 2.26. The van der Waals surface area contributed by atoms with Crippen molar-refractivity contribution >= 4 is 5.91 Å². The Hall–Kier alpha value is -1.40. The highest BCUT2D eigenvalue weighted by atomic mass is 16.5. The number of H-pyrrole nitrogens is 1. The molecule has 1 fully saturated rings. The molecule has 19 heavy (non-hydrogen) atoms. The number of aromatic nitrogens is 2. The Kier molecular flexibility index (Phi) is 4.93. The van der Waals surface area contributed by atoms with Crippen molar-refractivity contribution in [1.82, 2.24) is 20.4 Å². The average Bonchev–Trinajstić information content (AvgIpc) is 2.88. The van der Waals surface area contributed by atoms with Crippen LogP contribution in [0.15, 0.2) is 0 Å². The monoisotopic (exact) mass is 265 g/mol. The molecule has 6 nitrogen and oxygen atoms in total. The topological polar surface area (TPSA) is 70.2 Å². The summed E-state index contributed by atoms with van der Waals surface area (Å²) in [4.78, 5) is 13.5. The summed E-state index contributed by atoms with van der Waals surface area (Å²) in [5, 5.41) is 9.88. The first-order chi connectivity index (χ1) is 9.22. The van der Waals surface area contributed by atoms with E-state index in [2.05, 4.69) is 26.5 Å². The highest BCUT2D eigenvalue weighted by Gasteiger charge is 2.23. The van der Waals surface area contributed by atoms with Gasteiger partial charge in [-0.25, -0.2) is 0 Å². The van der Waals surface area contributed by atoms with Crippen LogP contribution in [-0.4, -0.2) is 54.8 Å². The lowest BCUT2D eigenvalue weighted by atomic mass is 9.93. The van der Waals surface area contributed by atoms with Crippen LogP contribution < -0.4 is 5.32 Å². The van der Waals surface area contributed by atoms with Gasteiger partial charge in [0.1, 0.15) is 0 Å². The molecule has 0 unspecified atom stereocenters. The smallest absolute Gasteiger partial charge is 0.233 e. The Balaban J connectivity index is 1.83. The van der Waals surface area contributed by atoms with Crippen LogP contribution in [0.25, 0.3) is 0 Å². The van der Waals surface area contributed by atoms with Crippen molar-refractivity contribution in [3.8, 4) is 0 Å². The molecule has 0 bridgehead atoms. The molecule has 0 aliphatic carbocycles. The lowest BCUT2D eigenvalue weighted by Crippen LogP contribution is -2.40. The maximum atomic E-state index is 11.3. The quantitative estimate of drug-likeness (QED) is 0.802. The predicted molar refractivity (Wildman–Crippen MR) is 70.6 cm³/mol. The second-order valence-electron chi connectivity index (χ2n) is 4.87. The van der Waals surface area contributed by atoms with Crippen molar-refractivity contribution in [2.45, 2.75) is 25.4 Å². The molecule has 1 radical (unpaired) electrons. The minimum absolute atomic E-state index is 0.0777. The molecule has 0 saturated carbocycles. The molecule has 1 aromatic rings. The maximum absolute atomic E-state index is 11.3. The number of hydrogen-bond acceptors (Lipinski definition) is 4. The van der Waals surface area contributed by atoms with Gasteiger partial charge < -0.3 is 10.1 Å². The minimum atomic E-state index is 0.0777. The molecule has 0 atom stereocenters. The molecule has 2 rings (SSSR count). The molecule has 2 heterocycles. The van der Waals surface area contributed by atoms with Crippen LogP contribution in [0.5, 0.6) is 0 Å². The maximum Gasteiger partial charge on any atom is 0.233 e. The van der Waals surface area contributed by atoms with Crippen molar-refractivity contribution in [2.24, 2.45) is 0 Å². The summed E-state index contributed by atoms with van der Waals surface area (Å²) in [5.41, 5.74) is 1.89. The molecule has 0 aromatic carbocycles. The molecule has 6 heteroatoms. The van der Waals surface area contributed by atoms with E-state index in [0.29, 0.717) is 19.1 Å². The molecule has 0 spiro atoms. The van der Waals surface area contributed by atoms with Gasteiger partial charge in [0.15, 0.2) is 0 Å². The second kappa shape index (κ2) is 6.68. The van der Waals surface area contributed by atoms with E-state index in [1.165, 1.54) is 0 Å². The van der Waals surface area contributed by atoms with Crippen LogP contribution in [0, 0.1) is 6.07 Å². The fourth-order valence-corrected chi connectivity index (χ4v) is 2.40. The van der Waals surface area contributed by atoms with Gasteiger partial charge in [0.2, 0.25) is 5.91 Å². The summed E-state index contributed by atoms with van der Waals surface area (Å²) in [7, 11) is 3.32. The SMILES string of the molecule is CNC(=O)CN1CCC(c2[c]c(COC)n[nH]2)CC1. The Morgan fingerprint density at radius 1 is 1.58 bits per heavy atom. The number of ether oxygens (including phenoxy) is 1. The molecule has 1 amide bonds. The number of methoxy groups -OCH3 is 1. The lowest BCUT2D eigenvalue weighted by Gasteiger charge is -2.30. The van der Waals surface area contributed by atoms with E-state index in [9.17, 15) is 4.79 Å². The molecule has 1 aliphatic rings. The number of amides is 1. The number of nitrogens with zero attached hydrogens (tertiary/aromatic N) is 2. The van der Waals surface area contributed by atoms with E-state index in [0.717, 1.165) is 37.3 Å². The van der Waals surface area contributed by atoms with E-state index in [1.807, 2.05) is 0 Å². The number of aromatic amines is 1. The molecule has 1 aromatic heterocycles. The summed E-state index contributed by atoms with van der Waals surface area (Å²) in [6, 6.07) is 3.26. The third-order valence-electron chi connectivity index (χ3n) is 3.51. The standard InChI is InChI=1S/C13H21N4O2/c1-14-13(18)8-17-5-3-10(4-6-17)12-7-11(9-19-2)15-16-12/h10H,3-6,8-9H2,1-2H3,(H,14,18)(H,15,16). The number of carbonyl (C=O) groups excluding carboxylic acids is 1. The first kappa shape index (κ1) is 14.0. The Morgan fingerprint density at radius 3 is 2.95 bits per heavy atom. The molecular weight excluding hydrogens is 244 g/mol. The molecule has 105 valence electrons. The Bertz CT molecular complexity index is 411. The summed E-state index contributed by atoms with van der Waals surface area (Å²) in [5.74, 6) is 0.535. The summed E-state index contributed by atoms with van der Waals surface area (Å²) < 4.78 is 5.04. The van der Waals surface area contributed by atoms with Gasteiger partial charge in [-0.2, -0.15) is 5.10 Å². The van der Waals surface area contributed by atoms with Crippen molar-refractivity contribution in [2.75, 3.05) is 33.8 Å². The fraction of sp³-hybridized carbons (Fsp3) is 0.692. The van der Waals surface area contributed by atoms with Crippen molar-refractivity contribution in [1.29, 1.82) is 0 Å². The van der Waals surface area contributed by atoms with Crippen LogP contribution in [0.1, 0.15) is 30.1 Å². The first-order valence-electron chi connectivity index (χ1n) is 6.61. The largest absolute Gasteiger partial charge is 0.378 e. The number of carbonyl (C=O) groups is 1. The summed E-state index contributed by atoms with van der Waals surface area (Å²) >= 11 is 0. The first-order valence-corrected chi connectivity index (χ1v) is 6.61. The number of hydrogen-bond donors (Lipinski definition) is 2. The zero-order valence-electron chi connectivity index (χ0n) is 11.5. The number of rotatable bonds is 5. The summed E-state index contributed by atoms with van der Waals surface area (Å²) in [6.07, 6.45) is 2.06. The number of likely N-dealkylation sites (tertiary alicyclic amines) is 1. The Morgan fingerprint density at radius 2 is 2.32 bits per heavy atom. The van der Waals surface area contributed by atoms with Gasteiger partial charge in [0.05, 0.1) is 18.8 Å². The Labute approximate surface area is 113 Å². The van der Waals surface area contributed by atoms with Gasteiger partial charge >= 0.3 is 0 Å². The van der Waals surface area contributed by atoms with Crippen LogP contribution in [0.2, 0.25) is 0 Å². The van der Waals surface area contributed by atoms with Crippen molar-refractivity contribution in [3.63, 3.8) is 0 Å². The van der Waals surface area contributed by atoms with Gasteiger partial charge in [-0.1, -0.05) is 0 Å². The van der Waals surface area contributed by atoms with Crippen LogP contribution in [0.4, 0.5) is 0 Å². The van der Waals surface area contributed by atoms with Gasteiger partial charge in [-0.05, 0) is 25.9 Å². The van der Waals surface area contributed by atoms with Gasteiger partial charge in [-0.15, -0.1) is 0 Å². The zero-order chi connectivity index (χ0) is 13.7. The highest BCUT2D eigenvalue weighted by molar-refractivity contribution is 5.77. The van der Waals surface area contributed by atoms with Crippen LogP contribution in [-0.2, 0) is 16.1 Å². The molecular formula is C13H21N4O2. The number of piperidine rings is 1. The molecule has 2 N–H and O–H groups in total. The van der Waals surface area contributed by atoms with Crippen molar-refractivity contribution < 1.29 is 9.53 Å². The zero-order valence-corrected chi connectivity index (χ0v) is 11.5. The van der Waals surface area contributed by atoms with E-state index < -0.39 is 0 Å². The van der Waals surface area contributed by atoms with E-state index in [1.54, 1.807) is 14.2 Å². The minimum Gasteiger partial charge on any atom is -0.378 e. The van der Waals surface area contributed by atoms with Crippen LogP contribution >= 0.6 is 0 Å². The van der Waals surface area contributed by atoms with Gasteiger partial charge in [0, 0.05) is 31.8 Å². The average molecular weight is 265 g/mol.